The van der Waals surface area contributed by atoms with Gasteiger partial charge in [-0.25, -0.2) is 0 Å². The molecule has 4 nitrogen and oxygen atoms in total. The average Bonchev–Trinajstić information content (AvgIpc) is 2.84. The Balaban J connectivity index is 2.10. The summed E-state index contributed by atoms with van der Waals surface area (Å²) in [5, 5.41) is 11.9. The predicted molar refractivity (Wildman–Crippen MR) is 89.7 cm³/mol. The van der Waals surface area contributed by atoms with Gasteiger partial charge >= 0.3 is 0 Å². The zero-order valence-corrected chi connectivity index (χ0v) is 12.5. The lowest BCUT2D eigenvalue weighted by atomic mass is 10.1. The van der Waals surface area contributed by atoms with E-state index in [0.717, 1.165) is 22.2 Å². The van der Waals surface area contributed by atoms with E-state index < -0.39 is 0 Å². The molecule has 1 aromatic heterocycles. The van der Waals surface area contributed by atoms with E-state index in [2.05, 4.69) is 0 Å². The summed E-state index contributed by atoms with van der Waals surface area (Å²) in [6.45, 7) is 1.98. The lowest BCUT2D eigenvalue weighted by Crippen LogP contribution is -1.88. The molecule has 0 aliphatic heterocycles. The molecule has 0 aliphatic rings. The van der Waals surface area contributed by atoms with E-state index in [9.17, 15) is 10.1 Å². The molecule has 3 rings (SSSR count). The van der Waals surface area contributed by atoms with Crippen LogP contribution in [0.25, 0.3) is 23.1 Å². The second-order valence-corrected chi connectivity index (χ2v) is 5.36. The standard InChI is InChI=1S/C18H16N2O2/c1-13-10-15(9-8-14-6-4-3-5-7-14)11-16-17(20(21)22)12-19(2)18(13)16/h3-12H,1-2H3/b9-8+. The van der Waals surface area contributed by atoms with Crippen molar-refractivity contribution in [1.29, 1.82) is 0 Å². The fourth-order valence-corrected chi connectivity index (χ4v) is 2.79. The highest BCUT2D eigenvalue weighted by atomic mass is 16.6. The molecule has 1 heterocycles. The minimum absolute atomic E-state index is 0.149. The summed E-state index contributed by atoms with van der Waals surface area (Å²) < 4.78 is 1.81. The Morgan fingerprint density at radius 1 is 1.09 bits per heavy atom. The maximum Gasteiger partial charge on any atom is 0.294 e. The van der Waals surface area contributed by atoms with Crippen LogP contribution in [0.15, 0.2) is 48.7 Å². The van der Waals surface area contributed by atoms with Gasteiger partial charge in [0.15, 0.2) is 0 Å². The Morgan fingerprint density at radius 3 is 2.45 bits per heavy atom. The van der Waals surface area contributed by atoms with Gasteiger partial charge in [0.2, 0.25) is 0 Å². The number of fused-ring (bicyclic) bond motifs is 1. The maximum atomic E-state index is 11.2. The Labute approximate surface area is 128 Å². The summed E-state index contributed by atoms with van der Waals surface area (Å²) in [5.74, 6) is 0. The third-order valence-electron chi connectivity index (χ3n) is 3.73. The Kier molecular flexibility index (Phi) is 3.51. The highest BCUT2D eigenvalue weighted by molar-refractivity contribution is 5.94. The molecule has 0 spiro atoms. The zero-order chi connectivity index (χ0) is 15.7. The molecular weight excluding hydrogens is 276 g/mol. The number of aryl methyl sites for hydroxylation is 2. The van der Waals surface area contributed by atoms with Gasteiger partial charge in [-0.2, -0.15) is 0 Å². The summed E-state index contributed by atoms with van der Waals surface area (Å²) in [6.07, 6.45) is 5.57. The molecule has 0 saturated heterocycles. The van der Waals surface area contributed by atoms with E-state index in [1.165, 1.54) is 0 Å². The van der Waals surface area contributed by atoms with E-state index in [4.69, 9.17) is 0 Å². The van der Waals surface area contributed by atoms with Gasteiger partial charge in [-0.3, -0.25) is 10.1 Å². The zero-order valence-electron chi connectivity index (χ0n) is 12.5. The van der Waals surface area contributed by atoms with Crippen LogP contribution in [0.4, 0.5) is 5.69 Å². The fourth-order valence-electron chi connectivity index (χ4n) is 2.79. The lowest BCUT2D eigenvalue weighted by Gasteiger charge is -2.02. The number of rotatable bonds is 3. The SMILES string of the molecule is Cc1cc(/C=C/c2ccccc2)cc2c([N+](=O)[O-])cn(C)c12. The molecular formula is C18H16N2O2. The summed E-state index contributed by atoms with van der Waals surface area (Å²) >= 11 is 0. The number of hydrogen-bond donors (Lipinski definition) is 0. The second kappa shape index (κ2) is 5.48. The van der Waals surface area contributed by atoms with E-state index in [1.54, 1.807) is 6.20 Å². The molecule has 0 fully saturated rings. The van der Waals surface area contributed by atoms with Crippen molar-refractivity contribution in [3.8, 4) is 0 Å². The third-order valence-corrected chi connectivity index (χ3v) is 3.73. The van der Waals surface area contributed by atoms with E-state index in [1.807, 2.05) is 73.2 Å². The van der Waals surface area contributed by atoms with Crippen molar-refractivity contribution in [3.63, 3.8) is 0 Å². The van der Waals surface area contributed by atoms with E-state index >= 15 is 0 Å². The van der Waals surface area contributed by atoms with E-state index in [0.29, 0.717) is 5.39 Å². The van der Waals surface area contributed by atoms with Crippen LogP contribution in [0.1, 0.15) is 16.7 Å². The summed E-state index contributed by atoms with van der Waals surface area (Å²) in [4.78, 5) is 10.9. The van der Waals surface area contributed by atoms with Gasteiger partial charge in [0.05, 0.1) is 22.0 Å². The van der Waals surface area contributed by atoms with Crippen molar-refractivity contribution < 1.29 is 4.92 Å². The second-order valence-electron chi connectivity index (χ2n) is 5.36. The number of hydrogen-bond acceptors (Lipinski definition) is 2. The highest BCUT2D eigenvalue weighted by Gasteiger charge is 2.17. The van der Waals surface area contributed by atoms with Gasteiger partial charge in [0.25, 0.3) is 5.69 Å². The predicted octanol–water partition coefficient (Wildman–Crippen LogP) is 4.57. The van der Waals surface area contributed by atoms with Crippen LogP contribution >= 0.6 is 0 Å². The maximum absolute atomic E-state index is 11.2. The largest absolute Gasteiger partial charge is 0.344 e. The number of nitrogens with zero attached hydrogens (tertiary/aromatic N) is 2. The first-order chi connectivity index (χ1) is 10.6. The average molecular weight is 292 g/mol. The van der Waals surface area contributed by atoms with Crippen LogP contribution in [0.3, 0.4) is 0 Å². The van der Waals surface area contributed by atoms with Crippen molar-refractivity contribution in [2.75, 3.05) is 0 Å². The van der Waals surface area contributed by atoms with Crippen molar-refractivity contribution in [2.24, 2.45) is 7.05 Å². The van der Waals surface area contributed by atoms with Gasteiger partial charge in [0.1, 0.15) is 0 Å². The number of benzene rings is 2. The Bertz CT molecular complexity index is 877. The molecule has 22 heavy (non-hydrogen) atoms. The molecule has 0 unspecified atom stereocenters. The molecule has 0 N–H and O–H groups in total. The summed E-state index contributed by atoms with van der Waals surface area (Å²) in [6, 6.07) is 13.9. The smallest absolute Gasteiger partial charge is 0.294 e. The molecule has 0 atom stereocenters. The van der Waals surface area contributed by atoms with Gasteiger partial charge in [0, 0.05) is 7.05 Å². The third kappa shape index (κ3) is 2.51. The monoisotopic (exact) mass is 292 g/mol. The molecule has 0 bridgehead atoms. The van der Waals surface area contributed by atoms with Crippen LogP contribution in [0, 0.1) is 17.0 Å². The quantitative estimate of drug-likeness (QED) is 0.403. The van der Waals surface area contributed by atoms with Crippen molar-refractivity contribution >= 4 is 28.7 Å². The first kappa shape index (κ1) is 14.1. The van der Waals surface area contributed by atoms with Gasteiger partial charge in [-0.1, -0.05) is 42.5 Å². The van der Waals surface area contributed by atoms with Crippen LogP contribution in [0.2, 0.25) is 0 Å². The molecule has 0 amide bonds. The van der Waals surface area contributed by atoms with Crippen LogP contribution < -0.4 is 0 Å². The van der Waals surface area contributed by atoms with Gasteiger partial charge < -0.3 is 4.57 Å². The molecule has 0 saturated carbocycles. The van der Waals surface area contributed by atoms with Crippen molar-refractivity contribution in [2.45, 2.75) is 6.92 Å². The first-order valence-corrected chi connectivity index (χ1v) is 7.03. The van der Waals surface area contributed by atoms with Gasteiger partial charge in [-0.05, 0) is 35.7 Å². The summed E-state index contributed by atoms with van der Waals surface area (Å²) in [5.41, 5.74) is 4.14. The Hall–Kier alpha value is -2.88. The first-order valence-electron chi connectivity index (χ1n) is 7.03. The van der Waals surface area contributed by atoms with Crippen LogP contribution in [-0.2, 0) is 7.05 Å². The van der Waals surface area contributed by atoms with Crippen LogP contribution in [0.5, 0.6) is 0 Å². The van der Waals surface area contributed by atoms with Crippen LogP contribution in [-0.4, -0.2) is 9.49 Å². The normalized spacial score (nSPS) is 11.4. The molecule has 2 aromatic carbocycles. The number of nitro groups is 1. The highest BCUT2D eigenvalue weighted by Crippen LogP contribution is 2.31. The van der Waals surface area contributed by atoms with Gasteiger partial charge in [-0.15, -0.1) is 0 Å². The van der Waals surface area contributed by atoms with E-state index in [-0.39, 0.29) is 10.6 Å². The summed E-state index contributed by atoms with van der Waals surface area (Å²) in [7, 11) is 1.84. The molecule has 0 aliphatic carbocycles. The minimum atomic E-state index is -0.327. The lowest BCUT2D eigenvalue weighted by molar-refractivity contribution is -0.383. The van der Waals surface area contributed by atoms with Crippen molar-refractivity contribution in [3.05, 3.63) is 75.5 Å². The fraction of sp³-hybridized carbons (Fsp3) is 0.111. The molecule has 4 heteroatoms. The minimum Gasteiger partial charge on any atom is -0.344 e. The Morgan fingerprint density at radius 2 is 1.77 bits per heavy atom. The van der Waals surface area contributed by atoms with Crippen molar-refractivity contribution in [1.82, 2.24) is 4.57 Å². The number of aromatic nitrogens is 1. The molecule has 110 valence electrons. The molecule has 3 aromatic rings. The topological polar surface area (TPSA) is 48.1 Å². The molecule has 0 radical (unpaired) electrons.